The minimum Gasteiger partial charge on any atom is -0.484 e. The summed E-state index contributed by atoms with van der Waals surface area (Å²) in [4.78, 5) is 0. The van der Waals surface area contributed by atoms with Gasteiger partial charge in [0.15, 0.2) is 11.5 Å². The van der Waals surface area contributed by atoms with Gasteiger partial charge in [0.1, 0.15) is 11.2 Å². The quantitative estimate of drug-likeness (QED) is 0.789. The van der Waals surface area contributed by atoms with Crippen LogP contribution in [0.2, 0.25) is 0 Å². The summed E-state index contributed by atoms with van der Waals surface area (Å²) in [5.74, 6) is 1.60. The van der Waals surface area contributed by atoms with Crippen molar-refractivity contribution in [2.45, 2.75) is 52.7 Å². The van der Waals surface area contributed by atoms with E-state index >= 15 is 0 Å². The lowest BCUT2D eigenvalue weighted by atomic mass is 10.1. The second-order valence-corrected chi connectivity index (χ2v) is 8.05. The van der Waals surface area contributed by atoms with Crippen LogP contribution in [-0.2, 0) is 0 Å². The van der Waals surface area contributed by atoms with Crippen molar-refractivity contribution in [1.29, 1.82) is 0 Å². The molecule has 106 valence electrons. The predicted octanol–water partition coefficient (Wildman–Crippen LogP) is 3.38. The average molecular weight is 278 g/mol. The summed E-state index contributed by atoms with van der Waals surface area (Å²) in [6.45, 7) is 16.3. The molecule has 1 rings (SSSR count). The minimum absolute atomic E-state index is 0.249. The Labute approximate surface area is 120 Å². The van der Waals surface area contributed by atoms with Crippen LogP contribution in [0, 0.1) is 0 Å². The predicted molar refractivity (Wildman–Crippen MR) is 86.2 cm³/mol. The van der Waals surface area contributed by atoms with Gasteiger partial charge in [-0.05, 0) is 47.6 Å². The lowest BCUT2D eigenvalue weighted by Gasteiger charge is -2.28. The van der Waals surface area contributed by atoms with Crippen LogP contribution in [0.3, 0.4) is 0 Å². The molecule has 1 aromatic carbocycles. The van der Waals surface area contributed by atoms with Gasteiger partial charge in [-0.1, -0.05) is 17.3 Å². The third-order valence-electron chi connectivity index (χ3n) is 2.26. The number of hydrogen-bond donors (Lipinski definition) is 0. The van der Waals surface area contributed by atoms with Gasteiger partial charge >= 0.3 is 0 Å². The molecule has 19 heavy (non-hydrogen) atoms. The Morgan fingerprint density at radius 3 is 1.95 bits per heavy atom. The second-order valence-electron chi connectivity index (χ2n) is 6.84. The van der Waals surface area contributed by atoms with Crippen LogP contribution in [0.25, 0.3) is 5.20 Å². The van der Waals surface area contributed by atoms with Crippen molar-refractivity contribution in [3.8, 4) is 11.5 Å². The zero-order valence-electron chi connectivity index (χ0n) is 13.3. The lowest BCUT2D eigenvalue weighted by molar-refractivity contribution is 0.0955. The molecular formula is C16H26O2Si. The Morgan fingerprint density at radius 1 is 1.00 bits per heavy atom. The summed E-state index contributed by atoms with van der Waals surface area (Å²) in [5, 5.41) is 1.11. The molecule has 2 nitrogen and oxygen atoms in total. The Hall–Kier alpha value is -1.22. The monoisotopic (exact) mass is 278 g/mol. The van der Waals surface area contributed by atoms with Gasteiger partial charge in [-0.3, -0.25) is 0 Å². The standard InChI is InChI=1S/C16H26O2Si/c1-11(19)12-9-8-10-13(17-15(2,3)4)14(12)18-16(5,6)7/h8-10H,1H2,2-7,19H3. The highest BCUT2D eigenvalue weighted by molar-refractivity contribution is 6.42. The van der Waals surface area contributed by atoms with Gasteiger partial charge in [-0.2, -0.15) is 0 Å². The van der Waals surface area contributed by atoms with Crippen molar-refractivity contribution in [3.63, 3.8) is 0 Å². The van der Waals surface area contributed by atoms with Gasteiger partial charge in [0.05, 0.1) is 0 Å². The van der Waals surface area contributed by atoms with Crippen LogP contribution >= 0.6 is 0 Å². The molecule has 0 N–H and O–H groups in total. The number of rotatable bonds is 3. The summed E-state index contributed by atoms with van der Waals surface area (Å²) in [5.41, 5.74) is 0.549. The van der Waals surface area contributed by atoms with E-state index < -0.39 is 0 Å². The van der Waals surface area contributed by atoms with Crippen molar-refractivity contribution < 1.29 is 9.47 Å². The molecule has 0 saturated heterocycles. The molecule has 0 fully saturated rings. The molecule has 0 atom stereocenters. The Bertz CT molecular complexity index is 465. The molecule has 0 aliphatic carbocycles. The van der Waals surface area contributed by atoms with Crippen molar-refractivity contribution in [1.82, 2.24) is 0 Å². The van der Waals surface area contributed by atoms with Crippen molar-refractivity contribution in [3.05, 3.63) is 30.3 Å². The summed E-state index contributed by atoms with van der Waals surface area (Å²) in [7, 11) is 0.906. The summed E-state index contributed by atoms with van der Waals surface area (Å²) >= 11 is 0. The van der Waals surface area contributed by atoms with E-state index in [1.165, 1.54) is 0 Å². The van der Waals surface area contributed by atoms with Gasteiger partial charge in [0.25, 0.3) is 0 Å². The average Bonchev–Trinajstić information content (AvgIpc) is 2.15. The smallest absolute Gasteiger partial charge is 0.169 e. The van der Waals surface area contributed by atoms with Crippen LogP contribution in [-0.4, -0.2) is 21.4 Å². The van der Waals surface area contributed by atoms with E-state index in [0.717, 1.165) is 32.5 Å². The van der Waals surface area contributed by atoms with Gasteiger partial charge in [-0.25, -0.2) is 0 Å². The third kappa shape index (κ3) is 5.11. The van der Waals surface area contributed by atoms with Gasteiger partial charge in [0, 0.05) is 15.8 Å². The molecule has 0 amide bonds. The second kappa shape index (κ2) is 5.41. The highest BCUT2D eigenvalue weighted by atomic mass is 28.1. The molecule has 0 bridgehead atoms. The van der Waals surface area contributed by atoms with E-state index in [9.17, 15) is 0 Å². The Morgan fingerprint density at radius 2 is 1.53 bits per heavy atom. The van der Waals surface area contributed by atoms with E-state index in [-0.39, 0.29) is 11.2 Å². The fourth-order valence-electron chi connectivity index (χ4n) is 1.67. The van der Waals surface area contributed by atoms with Crippen LogP contribution in [0.5, 0.6) is 11.5 Å². The van der Waals surface area contributed by atoms with Gasteiger partial charge < -0.3 is 9.47 Å². The van der Waals surface area contributed by atoms with E-state index in [1.54, 1.807) is 0 Å². The molecule has 0 heterocycles. The minimum atomic E-state index is -0.261. The fourth-order valence-corrected chi connectivity index (χ4v) is 2.07. The number of hydrogen-bond acceptors (Lipinski definition) is 2. The number of para-hydroxylation sites is 1. The van der Waals surface area contributed by atoms with Crippen LogP contribution in [0.1, 0.15) is 47.1 Å². The van der Waals surface area contributed by atoms with E-state index in [2.05, 4.69) is 6.58 Å². The van der Waals surface area contributed by atoms with Gasteiger partial charge in [0.2, 0.25) is 0 Å². The molecule has 0 spiro atoms. The van der Waals surface area contributed by atoms with E-state index in [1.807, 2.05) is 59.7 Å². The first kappa shape index (κ1) is 15.8. The lowest BCUT2D eigenvalue weighted by Crippen LogP contribution is -2.27. The number of ether oxygens (including phenoxy) is 2. The van der Waals surface area contributed by atoms with Crippen molar-refractivity contribution in [2.24, 2.45) is 0 Å². The number of benzene rings is 1. The van der Waals surface area contributed by atoms with E-state index in [4.69, 9.17) is 9.47 Å². The maximum absolute atomic E-state index is 6.11. The highest BCUT2D eigenvalue weighted by Crippen LogP contribution is 2.38. The Balaban J connectivity index is 3.30. The zero-order valence-corrected chi connectivity index (χ0v) is 15.3. The molecule has 0 saturated carbocycles. The molecule has 0 aliphatic heterocycles. The third-order valence-corrected chi connectivity index (χ3v) is 2.80. The Kier molecular flexibility index (Phi) is 4.51. The maximum atomic E-state index is 6.11. The molecule has 3 heteroatoms. The first-order valence-electron chi connectivity index (χ1n) is 6.66. The first-order valence-corrected chi connectivity index (χ1v) is 7.66. The molecular weight excluding hydrogens is 252 g/mol. The van der Waals surface area contributed by atoms with Crippen molar-refractivity contribution >= 4 is 15.4 Å². The maximum Gasteiger partial charge on any atom is 0.169 e. The highest BCUT2D eigenvalue weighted by Gasteiger charge is 2.22. The molecule has 1 aromatic rings. The summed E-state index contributed by atoms with van der Waals surface area (Å²) in [6.07, 6.45) is 0. The molecule has 0 radical (unpaired) electrons. The zero-order chi connectivity index (χ0) is 14.8. The summed E-state index contributed by atoms with van der Waals surface area (Å²) < 4.78 is 12.1. The topological polar surface area (TPSA) is 18.5 Å². The molecule has 0 aliphatic rings. The largest absolute Gasteiger partial charge is 0.484 e. The van der Waals surface area contributed by atoms with Crippen LogP contribution < -0.4 is 9.47 Å². The normalized spacial score (nSPS) is 12.3. The van der Waals surface area contributed by atoms with Gasteiger partial charge in [-0.15, -0.1) is 6.58 Å². The van der Waals surface area contributed by atoms with Crippen molar-refractivity contribution in [2.75, 3.05) is 0 Å². The van der Waals surface area contributed by atoms with Crippen LogP contribution in [0.4, 0.5) is 0 Å². The SMILES string of the molecule is C=C([SiH3])c1cccc(OC(C)(C)C)c1OC(C)(C)C. The first-order chi connectivity index (χ1) is 8.49. The van der Waals surface area contributed by atoms with Crippen LogP contribution in [0.15, 0.2) is 24.8 Å². The fraction of sp³-hybridized carbons (Fsp3) is 0.500. The molecule has 0 aromatic heterocycles. The van der Waals surface area contributed by atoms with E-state index in [0.29, 0.717) is 0 Å². The molecule has 0 unspecified atom stereocenters. The summed E-state index contributed by atoms with van der Waals surface area (Å²) in [6, 6.07) is 6.00.